The summed E-state index contributed by atoms with van der Waals surface area (Å²) in [4.78, 5) is 22.5. The van der Waals surface area contributed by atoms with Crippen LogP contribution < -0.4 is 0 Å². The van der Waals surface area contributed by atoms with Crippen LogP contribution in [-0.4, -0.2) is 44.3 Å². The zero-order chi connectivity index (χ0) is 13.4. The second kappa shape index (κ2) is 8.24. The smallest absolute Gasteiger partial charge is 0.305 e. The highest BCUT2D eigenvalue weighted by atomic mass is 28.3. The first-order valence-electron chi connectivity index (χ1n) is 5.96. The minimum absolute atomic E-state index is 0.241. The lowest BCUT2D eigenvalue weighted by Gasteiger charge is -2.27. The number of hydrogen-bond donors (Lipinski definition) is 1. The van der Waals surface area contributed by atoms with Gasteiger partial charge in [0.05, 0.1) is 15.4 Å². The Morgan fingerprint density at radius 3 is 1.94 bits per heavy atom. The van der Waals surface area contributed by atoms with Crippen LogP contribution in [0, 0.1) is 0 Å². The molecule has 1 N–H and O–H groups in total. The van der Waals surface area contributed by atoms with E-state index in [9.17, 15) is 14.7 Å². The Hall–Kier alpha value is -0.883. The SMILES string of the molecule is CCC(=O)OC(CO)C(OC(=O)CC)[SiH](C)C. The van der Waals surface area contributed by atoms with Crippen LogP contribution in [0.5, 0.6) is 0 Å². The van der Waals surface area contributed by atoms with Crippen molar-refractivity contribution >= 4 is 20.7 Å². The van der Waals surface area contributed by atoms with Crippen molar-refractivity contribution in [1.82, 2.24) is 0 Å². The molecule has 0 heterocycles. The molecule has 0 aliphatic heterocycles. The molecule has 0 aromatic carbocycles. The Bertz CT molecular complexity index is 254. The molecule has 2 unspecified atom stereocenters. The molecule has 0 aliphatic rings. The Morgan fingerprint density at radius 1 is 1.12 bits per heavy atom. The topological polar surface area (TPSA) is 72.8 Å². The predicted octanol–water partition coefficient (Wildman–Crippen LogP) is 0.648. The Morgan fingerprint density at radius 2 is 1.59 bits per heavy atom. The third kappa shape index (κ3) is 5.83. The van der Waals surface area contributed by atoms with Crippen molar-refractivity contribution in [2.75, 3.05) is 6.61 Å². The first kappa shape index (κ1) is 16.1. The monoisotopic (exact) mass is 262 g/mol. The maximum atomic E-state index is 11.3. The van der Waals surface area contributed by atoms with Gasteiger partial charge in [-0.2, -0.15) is 0 Å². The normalized spacial score (nSPS) is 14.2. The second-order valence-corrected chi connectivity index (χ2v) is 7.26. The van der Waals surface area contributed by atoms with Crippen molar-refractivity contribution < 1.29 is 24.2 Å². The first-order chi connectivity index (χ1) is 7.96. The zero-order valence-corrected chi connectivity index (χ0v) is 12.1. The van der Waals surface area contributed by atoms with Gasteiger partial charge in [-0.3, -0.25) is 9.59 Å². The van der Waals surface area contributed by atoms with Gasteiger partial charge in [-0.25, -0.2) is 0 Å². The summed E-state index contributed by atoms with van der Waals surface area (Å²) in [6.45, 7) is 7.02. The summed E-state index contributed by atoms with van der Waals surface area (Å²) in [5.41, 5.74) is -0.469. The van der Waals surface area contributed by atoms with Crippen LogP contribution in [0.2, 0.25) is 13.1 Å². The van der Waals surface area contributed by atoms with Crippen molar-refractivity contribution in [1.29, 1.82) is 0 Å². The Balaban J connectivity index is 4.62. The van der Waals surface area contributed by atoms with Crippen molar-refractivity contribution in [3.05, 3.63) is 0 Å². The van der Waals surface area contributed by atoms with E-state index in [1.54, 1.807) is 13.8 Å². The summed E-state index contributed by atoms with van der Waals surface area (Å²) in [5.74, 6) is -0.724. The predicted molar refractivity (Wildman–Crippen MR) is 66.3 cm³/mol. The van der Waals surface area contributed by atoms with Gasteiger partial charge in [0.2, 0.25) is 0 Å². The van der Waals surface area contributed by atoms with Gasteiger partial charge in [-0.15, -0.1) is 0 Å². The molecule has 0 aromatic rings. The molecule has 0 saturated heterocycles. The maximum Gasteiger partial charge on any atom is 0.305 e. The van der Waals surface area contributed by atoms with E-state index in [0.29, 0.717) is 0 Å². The Labute approximate surface area is 104 Å². The number of aliphatic hydroxyl groups excluding tert-OH is 1. The number of carbonyl (C=O) groups is 2. The van der Waals surface area contributed by atoms with Gasteiger partial charge in [0.25, 0.3) is 0 Å². The number of carbonyl (C=O) groups excluding carboxylic acids is 2. The van der Waals surface area contributed by atoms with E-state index in [1.165, 1.54) is 0 Å². The van der Waals surface area contributed by atoms with Gasteiger partial charge in [0.1, 0.15) is 5.73 Å². The summed E-state index contributed by atoms with van der Waals surface area (Å²) in [7, 11) is -1.38. The summed E-state index contributed by atoms with van der Waals surface area (Å²) < 4.78 is 10.3. The largest absolute Gasteiger partial charge is 0.463 e. The van der Waals surface area contributed by atoms with E-state index in [-0.39, 0.29) is 25.4 Å². The highest BCUT2D eigenvalue weighted by molar-refractivity contribution is 6.57. The third-order valence-electron chi connectivity index (χ3n) is 2.33. The van der Waals surface area contributed by atoms with Crippen LogP contribution in [0.25, 0.3) is 0 Å². The van der Waals surface area contributed by atoms with Crippen LogP contribution in [-0.2, 0) is 19.1 Å². The van der Waals surface area contributed by atoms with Crippen LogP contribution in [0.4, 0.5) is 0 Å². The highest BCUT2D eigenvalue weighted by Crippen LogP contribution is 2.10. The number of ether oxygens (including phenoxy) is 2. The zero-order valence-electron chi connectivity index (χ0n) is 10.9. The van der Waals surface area contributed by atoms with Crippen molar-refractivity contribution in [2.45, 2.75) is 51.6 Å². The maximum absolute atomic E-state index is 11.3. The standard InChI is InChI=1S/C11H22O5Si/c1-5-9(13)15-8(7-12)11(17(3)4)16-10(14)6-2/h8,11-12,17H,5-7H2,1-4H3. The quantitative estimate of drug-likeness (QED) is 0.538. The average Bonchev–Trinajstić information content (AvgIpc) is 2.32. The molecule has 0 spiro atoms. The fourth-order valence-electron chi connectivity index (χ4n) is 1.34. The van der Waals surface area contributed by atoms with E-state index in [2.05, 4.69) is 0 Å². The molecular formula is C11H22O5Si. The van der Waals surface area contributed by atoms with Gasteiger partial charge in [0, 0.05) is 12.8 Å². The van der Waals surface area contributed by atoms with Gasteiger partial charge in [-0.1, -0.05) is 26.9 Å². The molecule has 6 heteroatoms. The lowest BCUT2D eigenvalue weighted by atomic mass is 10.4. The molecule has 0 bridgehead atoms. The second-order valence-electron chi connectivity index (χ2n) is 4.12. The number of rotatable bonds is 7. The molecule has 2 atom stereocenters. The van der Waals surface area contributed by atoms with Gasteiger partial charge in [0.15, 0.2) is 6.10 Å². The molecular weight excluding hydrogens is 240 g/mol. The average molecular weight is 262 g/mol. The van der Waals surface area contributed by atoms with E-state index >= 15 is 0 Å². The molecule has 0 amide bonds. The van der Waals surface area contributed by atoms with Gasteiger partial charge < -0.3 is 14.6 Å². The van der Waals surface area contributed by atoms with Crippen molar-refractivity contribution in [3.8, 4) is 0 Å². The lowest BCUT2D eigenvalue weighted by Crippen LogP contribution is -2.45. The summed E-state index contributed by atoms with van der Waals surface area (Å²) >= 11 is 0. The third-order valence-corrected chi connectivity index (χ3v) is 4.21. The van der Waals surface area contributed by atoms with E-state index in [4.69, 9.17) is 9.47 Å². The minimum atomic E-state index is -1.38. The van der Waals surface area contributed by atoms with Gasteiger partial charge >= 0.3 is 11.9 Å². The Kier molecular flexibility index (Phi) is 7.82. The van der Waals surface area contributed by atoms with Crippen LogP contribution in [0.1, 0.15) is 26.7 Å². The van der Waals surface area contributed by atoms with Crippen LogP contribution in [0.15, 0.2) is 0 Å². The first-order valence-corrected chi connectivity index (χ1v) is 8.93. The summed E-state index contributed by atoms with van der Waals surface area (Å²) in [6.07, 6.45) is -0.216. The van der Waals surface area contributed by atoms with Gasteiger partial charge in [-0.05, 0) is 0 Å². The van der Waals surface area contributed by atoms with Crippen molar-refractivity contribution in [2.24, 2.45) is 0 Å². The molecule has 100 valence electrons. The van der Waals surface area contributed by atoms with Crippen LogP contribution >= 0.6 is 0 Å². The molecule has 0 aromatic heterocycles. The molecule has 0 rings (SSSR count). The molecule has 0 fully saturated rings. The molecule has 5 nitrogen and oxygen atoms in total. The lowest BCUT2D eigenvalue weighted by molar-refractivity contribution is -0.164. The number of esters is 2. The van der Waals surface area contributed by atoms with E-state index < -0.39 is 26.6 Å². The van der Waals surface area contributed by atoms with Crippen LogP contribution in [0.3, 0.4) is 0 Å². The minimum Gasteiger partial charge on any atom is -0.463 e. The van der Waals surface area contributed by atoms with Crippen molar-refractivity contribution in [3.63, 3.8) is 0 Å². The number of aliphatic hydroxyl groups is 1. The summed E-state index contributed by atoms with van der Waals surface area (Å²) in [5, 5.41) is 9.23. The number of hydrogen-bond acceptors (Lipinski definition) is 5. The van der Waals surface area contributed by atoms with E-state index in [0.717, 1.165) is 0 Å². The summed E-state index contributed by atoms with van der Waals surface area (Å²) in [6, 6.07) is 0. The molecule has 17 heavy (non-hydrogen) atoms. The molecule has 0 radical (unpaired) electrons. The fourth-order valence-corrected chi connectivity index (χ4v) is 2.82. The highest BCUT2D eigenvalue weighted by Gasteiger charge is 2.30. The molecule has 0 saturated carbocycles. The van der Waals surface area contributed by atoms with E-state index in [1.807, 2.05) is 13.1 Å². The molecule has 0 aliphatic carbocycles. The fraction of sp³-hybridized carbons (Fsp3) is 0.818.